The Morgan fingerprint density at radius 3 is 2.91 bits per heavy atom. The maximum atomic E-state index is 3.76. The van der Waals surface area contributed by atoms with Gasteiger partial charge in [-0.15, -0.1) is 0 Å². The normalized spacial score (nSPS) is 9.64. The molecule has 1 radical (unpaired) electrons. The lowest BCUT2D eigenvalue weighted by Gasteiger charge is -2.04. The van der Waals surface area contributed by atoms with Gasteiger partial charge in [-0.25, -0.2) is 0 Å². The Bertz CT molecular complexity index is 218. The SMILES string of the molecule is [CH2]CCNc1cccc(C)c1. The van der Waals surface area contributed by atoms with Crippen molar-refractivity contribution < 1.29 is 0 Å². The number of anilines is 1. The van der Waals surface area contributed by atoms with Gasteiger partial charge >= 0.3 is 0 Å². The molecule has 0 aliphatic carbocycles. The first kappa shape index (κ1) is 8.12. The maximum absolute atomic E-state index is 3.76. The van der Waals surface area contributed by atoms with Crippen molar-refractivity contribution in [3.63, 3.8) is 0 Å². The van der Waals surface area contributed by atoms with Gasteiger partial charge in [0.1, 0.15) is 0 Å². The highest BCUT2D eigenvalue weighted by Crippen LogP contribution is 2.08. The molecule has 0 aliphatic heterocycles. The molecule has 0 atom stereocenters. The molecular formula is C10H14N. The lowest BCUT2D eigenvalue weighted by atomic mass is 10.2. The molecule has 1 aromatic rings. The fourth-order valence-corrected chi connectivity index (χ4v) is 0.988. The van der Waals surface area contributed by atoms with Gasteiger partial charge in [0.2, 0.25) is 0 Å². The van der Waals surface area contributed by atoms with Gasteiger partial charge in [-0.2, -0.15) is 0 Å². The van der Waals surface area contributed by atoms with Crippen molar-refractivity contribution in [2.45, 2.75) is 13.3 Å². The monoisotopic (exact) mass is 148 g/mol. The van der Waals surface area contributed by atoms with Gasteiger partial charge in [0.15, 0.2) is 0 Å². The van der Waals surface area contributed by atoms with Gasteiger partial charge in [0.25, 0.3) is 0 Å². The van der Waals surface area contributed by atoms with Crippen LogP contribution < -0.4 is 5.32 Å². The molecule has 0 heterocycles. The molecule has 0 unspecified atom stereocenters. The summed E-state index contributed by atoms with van der Waals surface area (Å²) >= 11 is 0. The van der Waals surface area contributed by atoms with E-state index in [4.69, 9.17) is 0 Å². The third kappa shape index (κ3) is 2.62. The van der Waals surface area contributed by atoms with Crippen LogP contribution in [0.2, 0.25) is 0 Å². The van der Waals surface area contributed by atoms with Crippen molar-refractivity contribution in [2.24, 2.45) is 0 Å². The van der Waals surface area contributed by atoms with Gasteiger partial charge in [-0.05, 0) is 31.0 Å². The molecule has 11 heavy (non-hydrogen) atoms. The predicted molar refractivity (Wildman–Crippen MR) is 49.6 cm³/mol. The highest BCUT2D eigenvalue weighted by Gasteiger charge is 1.88. The van der Waals surface area contributed by atoms with Gasteiger partial charge in [0, 0.05) is 12.2 Å². The standard InChI is InChI=1S/C10H14N/c1-3-7-11-10-6-4-5-9(2)8-10/h4-6,8,11H,1,3,7H2,2H3. The average Bonchev–Trinajstić information content (AvgIpc) is 2.01. The number of hydrogen-bond acceptors (Lipinski definition) is 1. The Hall–Kier alpha value is -0.980. The Morgan fingerprint density at radius 2 is 2.27 bits per heavy atom. The third-order valence-corrected chi connectivity index (χ3v) is 1.52. The van der Waals surface area contributed by atoms with Crippen LogP contribution in [0.1, 0.15) is 12.0 Å². The Balaban J connectivity index is 2.56. The molecular weight excluding hydrogens is 134 g/mol. The lowest BCUT2D eigenvalue weighted by molar-refractivity contribution is 1.06. The highest BCUT2D eigenvalue weighted by atomic mass is 14.9. The summed E-state index contributed by atoms with van der Waals surface area (Å²) < 4.78 is 0. The van der Waals surface area contributed by atoms with Crippen LogP contribution in [-0.4, -0.2) is 6.54 Å². The second-order valence-electron chi connectivity index (χ2n) is 2.65. The minimum Gasteiger partial charge on any atom is -0.385 e. The smallest absolute Gasteiger partial charge is 0.0342 e. The van der Waals surface area contributed by atoms with Gasteiger partial charge in [-0.1, -0.05) is 19.1 Å². The number of hydrogen-bond donors (Lipinski definition) is 1. The first-order valence-electron chi connectivity index (χ1n) is 3.92. The molecule has 0 aliphatic rings. The largest absolute Gasteiger partial charge is 0.385 e. The van der Waals surface area contributed by atoms with E-state index in [9.17, 15) is 0 Å². The van der Waals surface area contributed by atoms with Crippen molar-refractivity contribution in [1.29, 1.82) is 0 Å². The molecule has 1 rings (SSSR count). The van der Waals surface area contributed by atoms with E-state index in [0.717, 1.165) is 13.0 Å². The van der Waals surface area contributed by atoms with Crippen LogP contribution in [0.5, 0.6) is 0 Å². The number of aryl methyl sites for hydroxylation is 1. The van der Waals surface area contributed by atoms with Crippen molar-refractivity contribution >= 4 is 5.69 Å². The van der Waals surface area contributed by atoms with Crippen molar-refractivity contribution in [3.05, 3.63) is 36.8 Å². The summed E-state index contributed by atoms with van der Waals surface area (Å²) in [6.45, 7) is 6.80. The minimum absolute atomic E-state index is 0.925. The molecule has 0 fully saturated rings. The van der Waals surface area contributed by atoms with Crippen LogP contribution in [0.4, 0.5) is 5.69 Å². The van der Waals surface area contributed by atoms with Crippen molar-refractivity contribution in [1.82, 2.24) is 0 Å². The van der Waals surface area contributed by atoms with E-state index in [-0.39, 0.29) is 0 Å². The molecule has 0 bridgehead atoms. The molecule has 1 heteroatoms. The molecule has 0 aromatic heterocycles. The molecule has 59 valence electrons. The van der Waals surface area contributed by atoms with Crippen LogP contribution in [0.25, 0.3) is 0 Å². The van der Waals surface area contributed by atoms with Crippen molar-refractivity contribution in [2.75, 3.05) is 11.9 Å². The predicted octanol–water partition coefficient (Wildman–Crippen LogP) is 2.63. The van der Waals surface area contributed by atoms with E-state index in [1.54, 1.807) is 0 Å². The zero-order valence-electron chi connectivity index (χ0n) is 6.93. The van der Waals surface area contributed by atoms with Crippen LogP contribution in [0.15, 0.2) is 24.3 Å². The van der Waals surface area contributed by atoms with E-state index in [2.05, 4.69) is 43.4 Å². The van der Waals surface area contributed by atoms with E-state index in [1.165, 1.54) is 11.3 Å². The molecule has 0 spiro atoms. The summed E-state index contributed by atoms with van der Waals surface area (Å²) in [5.74, 6) is 0. The molecule has 1 aromatic carbocycles. The number of benzene rings is 1. The van der Waals surface area contributed by atoms with E-state index < -0.39 is 0 Å². The molecule has 0 saturated heterocycles. The Morgan fingerprint density at radius 1 is 1.45 bits per heavy atom. The van der Waals surface area contributed by atoms with Gasteiger partial charge < -0.3 is 5.32 Å². The van der Waals surface area contributed by atoms with E-state index in [0.29, 0.717) is 0 Å². The molecule has 1 nitrogen and oxygen atoms in total. The number of nitrogens with one attached hydrogen (secondary N) is 1. The quantitative estimate of drug-likeness (QED) is 0.694. The summed E-state index contributed by atoms with van der Waals surface area (Å²) in [5, 5.41) is 3.27. The summed E-state index contributed by atoms with van der Waals surface area (Å²) in [6, 6.07) is 8.36. The zero-order valence-corrected chi connectivity index (χ0v) is 6.93. The molecule has 1 N–H and O–H groups in total. The van der Waals surface area contributed by atoms with Crippen molar-refractivity contribution in [3.8, 4) is 0 Å². The second kappa shape index (κ2) is 4.02. The minimum atomic E-state index is 0.925. The van der Waals surface area contributed by atoms with Crippen LogP contribution in [-0.2, 0) is 0 Å². The summed E-state index contributed by atoms with van der Waals surface area (Å²) in [6.07, 6.45) is 0.925. The van der Waals surface area contributed by atoms with Crippen LogP contribution >= 0.6 is 0 Å². The molecule has 0 saturated carbocycles. The fourth-order valence-electron chi connectivity index (χ4n) is 0.988. The third-order valence-electron chi connectivity index (χ3n) is 1.52. The van der Waals surface area contributed by atoms with Gasteiger partial charge in [0.05, 0.1) is 0 Å². The second-order valence-corrected chi connectivity index (χ2v) is 2.65. The topological polar surface area (TPSA) is 12.0 Å². The Kier molecular flexibility index (Phi) is 2.96. The summed E-state index contributed by atoms with van der Waals surface area (Å²) in [7, 11) is 0. The van der Waals surface area contributed by atoms with E-state index >= 15 is 0 Å². The fraction of sp³-hybridized carbons (Fsp3) is 0.300. The maximum Gasteiger partial charge on any atom is 0.0342 e. The van der Waals surface area contributed by atoms with Crippen LogP contribution in [0.3, 0.4) is 0 Å². The average molecular weight is 148 g/mol. The first-order valence-corrected chi connectivity index (χ1v) is 3.92. The molecule has 0 amide bonds. The Labute approximate surface area is 68.4 Å². The van der Waals surface area contributed by atoms with E-state index in [1.807, 2.05) is 0 Å². The number of rotatable bonds is 3. The first-order chi connectivity index (χ1) is 5.33. The summed E-state index contributed by atoms with van der Waals surface area (Å²) in [5.41, 5.74) is 2.48. The summed E-state index contributed by atoms with van der Waals surface area (Å²) in [4.78, 5) is 0. The highest BCUT2D eigenvalue weighted by molar-refractivity contribution is 5.45. The van der Waals surface area contributed by atoms with Crippen LogP contribution in [0, 0.1) is 13.8 Å². The van der Waals surface area contributed by atoms with Gasteiger partial charge in [-0.3, -0.25) is 0 Å². The lowest BCUT2D eigenvalue weighted by Crippen LogP contribution is -1.99. The zero-order chi connectivity index (χ0) is 8.10.